The number of hydrogen-bond acceptors (Lipinski definition) is 6. The maximum absolute atomic E-state index is 14.6. The molecule has 1 aliphatic heterocycles. The number of rotatable bonds is 3. The third kappa shape index (κ3) is 2.13. The zero-order chi connectivity index (χ0) is 16.8. The van der Waals surface area contributed by atoms with Crippen molar-refractivity contribution in [1.29, 1.82) is 0 Å². The van der Waals surface area contributed by atoms with E-state index in [1.165, 1.54) is 10.9 Å². The van der Waals surface area contributed by atoms with Crippen LogP contribution in [0, 0.1) is 5.82 Å². The summed E-state index contributed by atoms with van der Waals surface area (Å²) in [5.74, 6) is -0.576. The van der Waals surface area contributed by atoms with E-state index >= 15 is 0 Å². The van der Waals surface area contributed by atoms with Gasteiger partial charge in [-0.2, -0.15) is 0 Å². The van der Waals surface area contributed by atoms with Crippen LogP contribution in [0.25, 0.3) is 22.4 Å². The summed E-state index contributed by atoms with van der Waals surface area (Å²) in [7, 11) is 0. The van der Waals surface area contributed by atoms with E-state index in [1.54, 1.807) is 18.3 Å². The minimum absolute atomic E-state index is 0.178. The van der Waals surface area contributed by atoms with Gasteiger partial charge in [0.1, 0.15) is 36.0 Å². The van der Waals surface area contributed by atoms with E-state index in [9.17, 15) is 19.7 Å². The molecule has 0 amide bonds. The van der Waals surface area contributed by atoms with Crippen molar-refractivity contribution in [3.8, 4) is 11.4 Å². The highest BCUT2D eigenvalue weighted by Gasteiger charge is 2.44. The number of aliphatic hydroxyl groups is 3. The first-order chi connectivity index (χ1) is 11.6. The van der Waals surface area contributed by atoms with Gasteiger partial charge in [0.2, 0.25) is 0 Å². The Bertz CT molecular complexity index is 866. The van der Waals surface area contributed by atoms with Crippen molar-refractivity contribution in [2.24, 2.45) is 0 Å². The molecule has 4 atom stereocenters. The Morgan fingerprint density at radius 2 is 2.12 bits per heavy atom. The number of aliphatic hydroxyl groups excluding tert-OH is 3. The lowest BCUT2D eigenvalue weighted by Crippen LogP contribution is -2.33. The second kappa shape index (κ2) is 5.64. The van der Waals surface area contributed by atoms with E-state index in [2.05, 4.69) is 15.0 Å². The van der Waals surface area contributed by atoms with Crippen molar-refractivity contribution >= 4 is 11.0 Å². The highest BCUT2D eigenvalue weighted by atomic mass is 19.1. The summed E-state index contributed by atoms with van der Waals surface area (Å²) in [5.41, 5.74) is 1.23. The molecule has 1 fully saturated rings. The van der Waals surface area contributed by atoms with Crippen LogP contribution in [-0.2, 0) is 4.74 Å². The summed E-state index contributed by atoms with van der Waals surface area (Å²) in [6, 6.07) is 3.52. The lowest BCUT2D eigenvalue weighted by Gasteiger charge is -2.17. The Kier molecular flexibility index (Phi) is 3.57. The molecule has 0 bridgehead atoms. The number of aromatic amines is 1. The molecule has 1 saturated heterocycles. The van der Waals surface area contributed by atoms with Gasteiger partial charge >= 0.3 is 0 Å². The summed E-state index contributed by atoms with van der Waals surface area (Å²) in [6.07, 6.45) is -0.469. The van der Waals surface area contributed by atoms with Crippen molar-refractivity contribution in [1.82, 2.24) is 19.5 Å². The van der Waals surface area contributed by atoms with E-state index in [4.69, 9.17) is 4.74 Å². The van der Waals surface area contributed by atoms with Crippen molar-refractivity contribution in [3.63, 3.8) is 0 Å². The number of hydrogen-bond donors (Lipinski definition) is 4. The predicted molar refractivity (Wildman–Crippen MR) is 80.3 cm³/mol. The molecule has 126 valence electrons. The third-order valence-corrected chi connectivity index (χ3v) is 4.21. The Balaban J connectivity index is 1.86. The van der Waals surface area contributed by atoms with Crippen molar-refractivity contribution < 1.29 is 24.4 Å². The average Bonchev–Trinajstić information content (AvgIpc) is 3.29. The summed E-state index contributed by atoms with van der Waals surface area (Å²) >= 11 is 0. The molecule has 3 aromatic heterocycles. The van der Waals surface area contributed by atoms with E-state index in [0.717, 1.165) is 6.20 Å². The molecule has 1 unspecified atom stereocenters. The first-order valence-corrected chi connectivity index (χ1v) is 7.39. The zero-order valence-electron chi connectivity index (χ0n) is 12.4. The van der Waals surface area contributed by atoms with Gasteiger partial charge in [-0.15, -0.1) is 0 Å². The molecule has 0 spiro atoms. The molecule has 24 heavy (non-hydrogen) atoms. The summed E-state index contributed by atoms with van der Waals surface area (Å²) < 4.78 is 21.3. The predicted octanol–water partition coefficient (Wildman–Crippen LogP) is 0.177. The molecule has 8 nitrogen and oxygen atoms in total. The molecule has 4 rings (SSSR count). The highest BCUT2D eigenvalue weighted by molar-refractivity contribution is 5.90. The second-order valence-corrected chi connectivity index (χ2v) is 5.62. The maximum Gasteiger partial charge on any atom is 0.164 e. The van der Waals surface area contributed by atoms with E-state index < -0.39 is 37.0 Å². The summed E-state index contributed by atoms with van der Waals surface area (Å²) in [6.45, 7) is -0.459. The standard InChI is InChI=1S/C15H15FN4O4/c16-7-4-20(15-13(23)12(22)9(5-21)24-15)14-10(7)11(18-6-19-14)8-2-1-3-17-8/h1-4,6,9,12-13,15,17,21-23H,5H2/t9?,12-,13-,15+/m0/s1. The second-order valence-electron chi connectivity index (χ2n) is 5.62. The largest absolute Gasteiger partial charge is 0.394 e. The first-order valence-electron chi connectivity index (χ1n) is 7.39. The molecule has 0 saturated carbocycles. The molecule has 0 radical (unpaired) electrons. The Hall–Kier alpha value is -2.33. The third-order valence-electron chi connectivity index (χ3n) is 4.21. The smallest absolute Gasteiger partial charge is 0.164 e. The summed E-state index contributed by atoms with van der Waals surface area (Å²) in [4.78, 5) is 11.2. The fourth-order valence-corrected chi connectivity index (χ4v) is 3.03. The molecular weight excluding hydrogens is 319 g/mol. The van der Waals surface area contributed by atoms with Gasteiger partial charge in [-0.1, -0.05) is 0 Å². The number of halogens is 1. The fraction of sp³-hybridized carbons (Fsp3) is 0.333. The van der Waals surface area contributed by atoms with Gasteiger partial charge in [-0.25, -0.2) is 14.4 Å². The number of nitrogens with one attached hydrogen (secondary N) is 1. The lowest BCUT2D eigenvalue weighted by atomic mass is 10.1. The summed E-state index contributed by atoms with van der Waals surface area (Å²) in [5, 5.41) is 29.4. The highest BCUT2D eigenvalue weighted by Crippen LogP contribution is 2.35. The Labute approximate surface area is 135 Å². The molecule has 1 aliphatic rings. The van der Waals surface area contributed by atoms with Crippen LogP contribution in [0.5, 0.6) is 0 Å². The van der Waals surface area contributed by atoms with Crippen molar-refractivity contribution in [2.45, 2.75) is 24.5 Å². The monoisotopic (exact) mass is 334 g/mol. The van der Waals surface area contributed by atoms with Gasteiger partial charge in [0.05, 0.1) is 17.7 Å². The first kappa shape index (κ1) is 15.2. The molecular formula is C15H15FN4O4. The molecule has 0 aliphatic carbocycles. The number of aromatic nitrogens is 4. The van der Waals surface area contributed by atoms with Crippen LogP contribution in [0.15, 0.2) is 30.9 Å². The van der Waals surface area contributed by atoms with Gasteiger partial charge < -0.3 is 29.6 Å². The quantitative estimate of drug-likeness (QED) is 0.543. The molecule has 4 N–H and O–H groups in total. The maximum atomic E-state index is 14.6. The van der Waals surface area contributed by atoms with Gasteiger partial charge in [-0.3, -0.25) is 0 Å². The van der Waals surface area contributed by atoms with Crippen molar-refractivity contribution in [3.05, 3.63) is 36.7 Å². The van der Waals surface area contributed by atoms with E-state index in [1.807, 2.05) is 0 Å². The van der Waals surface area contributed by atoms with Crippen molar-refractivity contribution in [2.75, 3.05) is 6.61 Å². The number of ether oxygens (including phenoxy) is 1. The lowest BCUT2D eigenvalue weighted by molar-refractivity contribution is -0.0510. The van der Waals surface area contributed by atoms with E-state index in [0.29, 0.717) is 11.4 Å². The molecule has 4 heterocycles. The van der Waals surface area contributed by atoms with E-state index in [-0.39, 0.29) is 11.0 Å². The van der Waals surface area contributed by atoms with Crippen LogP contribution in [-0.4, -0.2) is 59.8 Å². The average molecular weight is 334 g/mol. The molecule has 3 aromatic rings. The SMILES string of the molecule is OCC1O[C@@H](n2cc(F)c3c(-c4ccc[nH]4)ncnc32)[C@@H](O)[C@H]1O. The van der Waals surface area contributed by atoms with Gasteiger partial charge in [0, 0.05) is 12.4 Å². The van der Waals surface area contributed by atoms with Crippen LogP contribution < -0.4 is 0 Å². The number of fused-ring (bicyclic) bond motifs is 1. The van der Waals surface area contributed by atoms with Gasteiger partial charge in [0.15, 0.2) is 12.0 Å². The number of nitrogens with zero attached hydrogens (tertiary/aromatic N) is 3. The Morgan fingerprint density at radius 3 is 2.79 bits per heavy atom. The minimum Gasteiger partial charge on any atom is -0.394 e. The van der Waals surface area contributed by atoms with Crippen LogP contribution in [0.4, 0.5) is 4.39 Å². The topological polar surface area (TPSA) is 116 Å². The van der Waals surface area contributed by atoms with Crippen LogP contribution >= 0.6 is 0 Å². The number of H-pyrrole nitrogens is 1. The zero-order valence-corrected chi connectivity index (χ0v) is 12.4. The minimum atomic E-state index is -1.32. The molecule has 0 aromatic carbocycles. The van der Waals surface area contributed by atoms with Crippen LogP contribution in [0.1, 0.15) is 6.23 Å². The van der Waals surface area contributed by atoms with Gasteiger partial charge in [0.25, 0.3) is 0 Å². The molecule has 9 heteroatoms. The van der Waals surface area contributed by atoms with Gasteiger partial charge in [-0.05, 0) is 12.1 Å². The van der Waals surface area contributed by atoms with Crippen LogP contribution in [0.2, 0.25) is 0 Å². The fourth-order valence-electron chi connectivity index (χ4n) is 3.03. The van der Waals surface area contributed by atoms with Crippen LogP contribution in [0.3, 0.4) is 0 Å². The Morgan fingerprint density at radius 1 is 1.29 bits per heavy atom. The normalized spacial score (nSPS) is 27.2.